The van der Waals surface area contributed by atoms with Crippen molar-refractivity contribution >= 4 is 0 Å². The molecule has 0 radical (unpaired) electrons. The van der Waals surface area contributed by atoms with Crippen LogP contribution in [0.1, 0.15) is 19.0 Å². The molecule has 0 fully saturated rings. The third-order valence-corrected chi connectivity index (χ3v) is 2.91. The fourth-order valence-corrected chi connectivity index (χ4v) is 1.74. The molecule has 1 aromatic carbocycles. The molecule has 1 heterocycles. The molecule has 1 atom stereocenters. The van der Waals surface area contributed by atoms with E-state index >= 15 is 0 Å². The van der Waals surface area contributed by atoms with Gasteiger partial charge in [0.1, 0.15) is 0 Å². The highest BCUT2D eigenvalue weighted by atomic mass is 16.5. The Morgan fingerprint density at radius 3 is 2.84 bits per heavy atom. The van der Waals surface area contributed by atoms with Gasteiger partial charge in [0, 0.05) is 26.3 Å². The van der Waals surface area contributed by atoms with Crippen LogP contribution >= 0.6 is 0 Å². The summed E-state index contributed by atoms with van der Waals surface area (Å²) in [7, 11) is 1.72. The van der Waals surface area contributed by atoms with E-state index in [1.165, 1.54) is 0 Å². The summed E-state index contributed by atoms with van der Waals surface area (Å²) >= 11 is 0. The van der Waals surface area contributed by atoms with Crippen LogP contribution in [0.25, 0.3) is 5.69 Å². The summed E-state index contributed by atoms with van der Waals surface area (Å²) in [5, 5.41) is 12.1. The Bertz CT molecular complexity index is 483. The zero-order valence-corrected chi connectivity index (χ0v) is 11.4. The van der Waals surface area contributed by atoms with Crippen molar-refractivity contribution in [3.63, 3.8) is 0 Å². The van der Waals surface area contributed by atoms with Crippen LogP contribution in [0, 0.1) is 0 Å². The molecule has 5 nitrogen and oxygen atoms in total. The van der Waals surface area contributed by atoms with Crippen LogP contribution in [0.3, 0.4) is 0 Å². The second kappa shape index (κ2) is 7.01. The Labute approximate surface area is 113 Å². The molecule has 0 spiro atoms. The SMILES string of the molecule is COCCC(C)NCc1cnn(-c2ccccc2)n1. The van der Waals surface area contributed by atoms with Gasteiger partial charge in [-0.1, -0.05) is 18.2 Å². The summed E-state index contributed by atoms with van der Waals surface area (Å²) in [5.74, 6) is 0. The quantitative estimate of drug-likeness (QED) is 0.824. The zero-order valence-electron chi connectivity index (χ0n) is 11.4. The molecule has 2 rings (SSSR count). The van der Waals surface area contributed by atoms with Gasteiger partial charge in [-0.15, -0.1) is 0 Å². The van der Waals surface area contributed by atoms with Gasteiger partial charge in [-0.3, -0.25) is 0 Å². The zero-order chi connectivity index (χ0) is 13.5. The van der Waals surface area contributed by atoms with Crippen molar-refractivity contribution in [1.82, 2.24) is 20.3 Å². The smallest absolute Gasteiger partial charge is 0.0969 e. The van der Waals surface area contributed by atoms with Crippen molar-refractivity contribution in [1.29, 1.82) is 0 Å². The molecule has 5 heteroatoms. The monoisotopic (exact) mass is 260 g/mol. The number of nitrogens with zero attached hydrogens (tertiary/aromatic N) is 3. The van der Waals surface area contributed by atoms with Gasteiger partial charge in [-0.05, 0) is 25.5 Å². The molecule has 1 N–H and O–H groups in total. The lowest BCUT2D eigenvalue weighted by atomic mass is 10.2. The van der Waals surface area contributed by atoms with Crippen LogP contribution in [-0.4, -0.2) is 34.8 Å². The molecule has 2 aromatic rings. The summed E-state index contributed by atoms with van der Waals surface area (Å²) in [4.78, 5) is 1.65. The van der Waals surface area contributed by atoms with E-state index in [1.54, 1.807) is 18.1 Å². The molecule has 0 aliphatic rings. The topological polar surface area (TPSA) is 52.0 Å². The lowest BCUT2D eigenvalue weighted by Gasteiger charge is -2.11. The number of para-hydroxylation sites is 1. The number of ether oxygens (including phenoxy) is 1. The average molecular weight is 260 g/mol. The first-order valence-corrected chi connectivity index (χ1v) is 6.48. The summed E-state index contributed by atoms with van der Waals surface area (Å²) in [6.07, 6.45) is 2.78. The third-order valence-electron chi connectivity index (χ3n) is 2.91. The van der Waals surface area contributed by atoms with Crippen LogP contribution in [0.5, 0.6) is 0 Å². The maximum atomic E-state index is 5.05. The van der Waals surface area contributed by atoms with Crippen molar-refractivity contribution in [2.24, 2.45) is 0 Å². The molecule has 0 aliphatic carbocycles. The van der Waals surface area contributed by atoms with Crippen LogP contribution in [0.4, 0.5) is 0 Å². The molecule has 0 amide bonds. The van der Waals surface area contributed by atoms with Gasteiger partial charge in [0.25, 0.3) is 0 Å². The van der Waals surface area contributed by atoms with Gasteiger partial charge in [0.15, 0.2) is 0 Å². The minimum Gasteiger partial charge on any atom is -0.385 e. The number of nitrogens with one attached hydrogen (secondary N) is 1. The Morgan fingerprint density at radius 1 is 1.32 bits per heavy atom. The van der Waals surface area contributed by atoms with E-state index in [2.05, 4.69) is 22.4 Å². The van der Waals surface area contributed by atoms with Crippen molar-refractivity contribution < 1.29 is 4.74 Å². The maximum absolute atomic E-state index is 5.05. The highest BCUT2D eigenvalue weighted by molar-refractivity contribution is 5.28. The van der Waals surface area contributed by atoms with Gasteiger partial charge in [-0.25, -0.2) is 0 Å². The van der Waals surface area contributed by atoms with E-state index in [0.29, 0.717) is 6.04 Å². The Hall–Kier alpha value is -1.72. The molecule has 1 unspecified atom stereocenters. The van der Waals surface area contributed by atoms with Crippen molar-refractivity contribution in [2.75, 3.05) is 13.7 Å². The van der Waals surface area contributed by atoms with Crippen LogP contribution in [-0.2, 0) is 11.3 Å². The lowest BCUT2D eigenvalue weighted by Crippen LogP contribution is -2.26. The molecule has 102 valence electrons. The largest absolute Gasteiger partial charge is 0.385 e. The van der Waals surface area contributed by atoms with Crippen LogP contribution in [0.15, 0.2) is 36.5 Å². The fraction of sp³-hybridized carbons (Fsp3) is 0.429. The van der Waals surface area contributed by atoms with Gasteiger partial charge < -0.3 is 10.1 Å². The van der Waals surface area contributed by atoms with E-state index in [0.717, 1.165) is 31.0 Å². The Kier molecular flexibility index (Phi) is 5.06. The number of aromatic nitrogens is 3. The van der Waals surface area contributed by atoms with Crippen LogP contribution in [0.2, 0.25) is 0 Å². The number of hydrogen-bond acceptors (Lipinski definition) is 4. The van der Waals surface area contributed by atoms with Crippen molar-refractivity contribution in [3.05, 3.63) is 42.2 Å². The second-order valence-corrected chi connectivity index (χ2v) is 4.52. The number of benzene rings is 1. The maximum Gasteiger partial charge on any atom is 0.0969 e. The predicted molar refractivity (Wildman–Crippen MR) is 74.2 cm³/mol. The molecular weight excluding hydrogens is 240 g/mol. The number of hydrogen-bond donors (Lipinski definition) is 1. The minimum absolute atomic E-state index is 0.404. The molecule has 0 saturated carbocycles. The Morgan fingerprint density at radius 2 is 2.11 bits per heavy atom. The van der Waals surface area contributed by atoms with Crippen molar-refractivity contribution in [3.8, 4) is 5.69 Å². The van der Waals surface area contributed by atoms with E-state index in [1.807, 2.05) is 30.3 Å². The van der Waals surface area contributed by atoms with E-state index in [-0.39, 0.29) is 0 Å². The predicted octanol–water partition coefficient (Wildman–Crippen LogP) is 1.78. The molecule has 19 heavy (non-hydrogen) atoms. The van der Waals surface area contributed by atoms with Crippen molar-refractivity contribution in [2.45, 2.75) is 25.9 Å². The average Bonchev–Trinajstić information content (AvgIpc) is 2.93. The van der Waals surface area contributed by atoms with Gasteiger partial charge >= 0.3 is 0 Å². The van der Waals surface area contributed by atoms with Gasteiger partial charge in [-0.2, -0.15) is 15.0 Å². The van der Waals surface area contributed by atoms with E-state index in [9.17, 15) is 0 Å². The summed E-state index contributed by atoms with van der Waals surface area (Å²) in [6, 6.07) is 10.3. The lowest BCUT2D eigenvalue weighted by molar-refractivity contribution is 0.184. The molecule has 1 aromatic heterocycles. The molecule has 0 saturated heterocycles. The molecular formula is C14H20N4O. The van der Waals surface area contributed by atoms with E-state index in [4.69, 9.17) is 4.74 Å². The molecule has 0 bridgehead atoms. The summed E-state index contributed by atoms with van der Waals surface area (Å²) in [5.41, 5.74) is 1.91. The summed E-state index contributed by atoms with van der Waals surface area (Å²) < 4.78 is 5.05. The van der Waals surface area contributed by atoms with Gasteiger partial charge in [0.2, 0.25) is 0 Å². The first-order valence-electron chi connectivity index (χ1n) is 6.48. The normalized spacial score (nSPS) is 12.5. The Balaban J connectivity index is 1.88. The molecule has 0 aliphatic heterocycles. The van der Waals surface area contributed by atoms with E-state index < -0.39 is 0 Å². The number of methoxy groups -OCH3 is 1. The first-order chi connectivity index (χ1) is 9.29. The third kappa shape index (κ3) is 4.15. The highest BCUT2D eigenvalue weighted by Gasteiger charge is 2.05. The second-order valence-electron chi connectivity index (χ2n) is 4.52. The number of rotatable bonds is 7. The summed E-state index contributed by atoms with van der Waals surface area (Å²) in [6.45, 7) is 3.63. The highest BCUT2D eigenvalue weighted by Crippen LogP contribution is 2.04. The van der Waals surface area contributed by atoms with Gasteiger partial charge in [0.05, 0.1) is 17.6 Å². The first kappa shape index (κ1) is 13.7. The minimum atomic E-state index is 0.404. The standard InChI is InChI=1S/C14H20N4O/c1-12(8-9-19-2)15-10-13-11-16-18(17-13)14-6-4-3-5-7-14/h3-7,11-12,15H,8-10H2,1-2H3. The fourth-order valence-electron chi connectivity index (χ4n) is 1.74. The van der Waals surface area contributed by atoms with Crippen LogP contribution < -0.4 is 5.32 Å².